The van der Waals surface area contributed by atoms with Crippen LogP contribution in [0.2, 0.25) is 0 Å². The molecule has 7 rings (SSSR count). The zero-order valence-electron chi connectivity index (χ0n) is 26.1. The van der Waals surface area contributed by atoms with Crippen LogP contribution in [0.15, 0.2) is 109 Å². The predicted octanol–water partition coefficient (Wildman–Crippen LogP) is 6.88. The van der Waals surface area contributed by atoms with E-state index in [2.05, 4.69) is 51.8 Å². The number of nitrogens with one attached hydrogen (secondary N) is 4. The second kappa shape index (κ2) is 13.5. The Hall–Kier alpha value is -5.44. The normalized spacial score (nSPS) is 13.9. The molecule has 3 heterocycles. The summed E-state index contributed by atoms with van der Waals surface area (Å²) in [5.74, 6) is -0.158. The maximum atomic E-state index is 13.4. The van der Waals surface area contributed by atoms with Gasteiger partial charge in [0, 0.05) is 45.3 Å². The zero-order chi connectivity index (χ0) is 32.2. The Bertz CT molecular complexity index is 2080. The molecule has 2 amide bonds. The maximum Gasteiger partial charge on any atom is 0.259 e. The summed E-state index contributed by atoms with van der Waals surface area (Å²) >= 11 is 0. The first-order chi connectivity index (χ1) is 23.1. The summed E-state index contributed by atoms with van der Waals surface area (Å²) in [6.07, 6.45) is 5.06. The van der Waals surface area contributed by atoms with Crippen molar-refractivity contribution in [2.75, 3.05) is 6.54 Å². The molecule has 1 unspecified atom stereocenters. The minimum atomic E-state index is -0.420. The van der Waals surface area contributed by atoms with Gasteiger partial charge >= 0.3 is 0 Å². The van der Waals surface area contributed by atoms with E-state index in [4.69, 9.17) is 9.47 Å². The van der Waals surface area contributed by atoms with Crippen molar-refractivity contribution in [2.24, 2.45) is 0 Å². The number of H-pyrrole nitrogens is 2. The van der Waals surface area contributed by atoms with Gasteiger partial charge in [0.05, 0.1) is 17.8 Å². The van der Waals surface area contributed by atoms with Crippen LogP contribution >= 0.6 is 0 Å². The van der Waals surface area contributed by atoms with Crippen LogP contribution in [-0.4, -0.2) is 34.6 Å². The molecule has 0 radical (unpaired) electrons. The summed E-state index contributed by atoms with van der Waals surface area (Å²) in [5.41, 5.74) is 7.08. The molecule has 0 fully saturated rings. The van der Waals surface area contributed by atoms with Crippen molar-refractivity contribution >= 4 is 44.8 Å². The van der Waals surface area contributed by atoms with E-state index in [0.29, 0.717) is 41.2 Å². The summed E-state index contributed by atoms with van der Waals surface area (Å²) in [5, 5.41) is 7.67. The number of fused-ring (bicyclic) bond motifs is 2. The second-order valence-corrected chi connectivity index (χ2v) is 11.7. The van der Waals surface area contributed by atoms with Gasteiger partial charge in [-0.15, -0.1) is 0 Å². The second-order valence-electron chi connectivity index (χ2n) is 11.7. The first-order valence-electron chi connectivity index (χ1n) is 15.9. The Labute approximate surface area is 272 Å². The van der Waals surface area contributed by atoms with E-state index in [1.165, 1.54) is 0 Å². The van der Waals surface area contributed by atoms with E-state index in [1.807, 2.05) is 79.0 Å². The highest BCUT2D eigenvalue weighted by Crippen LogP contribution is 2.38. The number of amides is 2. The minimum absolute atomic E-state index is 0.0995. The third kappa shape index (κ3) is 6.47. The molecule has 8 heteroatoms. The first-order valence-corrected chi connectivity index (χ1v) is 15.9. The van der Waals surface area contributed by atoms with Crippen LogP contribution in [0.4, 0.5) is 0 Å². The Balaban J connectivity index is 1.17. The number of carbonyl (C=O) groups excluding carboxylic acids is 2. The molecule has 4 aromatic carbocycles. The third-order valence-corrected chi connectivity index (χ3v) is 8.54. The van der Waals surface area contributed by atoms with Crippen molar-refractivity contribution in [3.05, 3.63) is 137 Å². The molecule has 0 saturated carbocycles. The zero-order valence-corrected chi connectivity index (χ0v) is 26.1. The average molecular weight is 625 g/mol. The number of hydrogen-bond donors (Lipinski definition) is 4. The SMILES string of the molecule is CCNC(CCc1ccc2[nH]cc(C3=C(c4c[nH]c5ccc(OCc6ccccc6)cc45)C(=O)NC3=O)c2c1)OCc1ccccc1. The van der Waals surface area contributed by atoms with Gasteiger partial charge in [0.15, 0.2) is 0 Å². The summed E-state index contributed by atoms with van der Waals surface area (Å²) in [7, 11) is 0. The predicted molar refractivity (Wildman–Crippen MR) is 184 cm³/mol. The highest BCUT2D eigenvalue weighted by molar-refractivity contribution is 6.50. The Morgan fingerprint density at radius 3 is 1.91 bits per heavy atom. The molecule has 47 heavy (non-hydrogen) atoms. The number of imide groups is 1. The number of benzene rings is 4. The fraction of sp³-hybridized carbons (Fsp3) is 0.179. The molecule has 8 nitrogen and oxygen atoms in total. The smallest absolute Gasteiger partial charge is 0.259 e. The fourth-order valence-electron chi connectivity index (χ4n) is 6.18. The molecule has 4 N–H and O–H groups in total. The van der Waals surface area contributed by atoms with E-state index >= 15 is 0 Å². The number of carbonyl (C=O) groups is 2. The van der Waals surface area contributed by atoms with Gasteiger partial charge in [0.25, 0.3) is 11.8 Å². The molecule has 1 atom stereocenters. The monoisotopic (exact) mass is 624 g/mol. The fourth-order valence-corrected chi connectivity index (χ4v) is 6.18. The van der Waals surface area contributed by atoms with Crippen molar-refractivity contribution in [2.45, 2.75) is 39.2 Å². The van der Waals surface area contributed by atoms with E-state index in [0.717, 1.165) is 57.9 Å². The lowest BCUT2D eigenvalue weighted by Gasteiger charge is -2.19. The van der Waals surface area contributed by atoms with Gasteiger partial charge in [-0.25, -0.2) is 0 Å². The number of aromatic nitrogens is 2. The van der Waals surface area contributed by atoms with Crippen LogP contribution in [-0.2, 0) is 34.0 Å². The number of aryl methyl sites for hydroxylation is 1. The number of rotatable bonds is 13. The summed E-state index contributed by atoms with van der Waals surface area (Å²) < 4.78 is 12.3. The van der Waals surface area contributed by atoms with Gasteiger partial charge in [-0.2, -0.15) is 0 Å². The standard InChI is InChI=1S/C39H36N4O4/c1-2-40-35(47-24-27-11-7-4-8-12-27)18-14-25-13-16-33-29(19-25)31(21-41-33)36-37(39(45)43-38(36)44)32-22-42-34-17-15-28(20-30(32)34)46-23-26-9-5-3-6-10-26/h3-13,15-17,19-22,35,40-42H,2,14,18,23-24H2,1H3,(H,43,44,45). The van der Waals surface area contributed by atoms with Crippen molar-refractivity contribution in [1.29, 1.82) is 0 Å². The van der Waals surface area contributed by atoms with E-state index in [-0.39, 0.29) is 6.23 Å². The maximum absolute atomic E-state index is 13.4. The van der Waals surface area contributed by atoms with Gasteiger partial charge < -0.3 is 19.4 Å². The molecule has 0 aliphatic carbocycles. The molecule has 0 bridgehead atoms. The van der Waals surface area contributed by atoms with Gasteiger partial charge in [-0.1, -0.05) is 73.7 Å². The van der Waals surface area contributed by atoms with E-state index in [9.17, 15) is 9.59 Å². The van der Waals surface area contributed by atoms with Gasteiger partial charge in [0.2, 0.25) is 0 Å². The number of aromatic amines is 2. The van der Waals surface area contributed by atoms with Crippen molar-refractivity contribution < 1.29 is 19.1 Å². The van der Waals surface area contributed by atoms with Crippen LogP contribution in [0.5, 0.6) is 5.75 Å². The van der Waals surface area contributed by atoms with E-state index in [1.54, 1.807) is 6.20 Å². The van der Waals surface area contributed by atoms with Crippen LogP contribution in [0.25, 0.3) is 33.0 Å². The largest absolute Gasteiger partial charge is 0.489 e. The summed E-state index contributed by atoms with van der Waals surface area (Å²) in [4.78, 5) is 33.3. The molecule has 1 aliphatic rings. The lowest BCUT2D eigenvalue weighted by Crippen LogP contribution is -2.32. The quantitative estimate of drug-likeness (QED) is 0.0828. The Kier molecular flexibility index (Phi) is 8.68. The van der Waals surface area contributed by atoms with Gasteiger partial charge in [-0.3, -0.25) is 20.2 Å². The molecule has 0 saturated heterocycles. The molecule has 236 valence electrons. The molecular formula is C39H36N4O4. The molecular weight excluding hydrogens is 588 g/mol. The van der Waals surface area contributed by atoms with Crippen molar-refractivity contribution in [3.63, 3.8) is 0 Å². The average Bonchev–Trinajstić information content (AvgIpc) is 3.79. The lowest BCUT2D eigenvalue weighted by atomic mass is 9.94. The molecule has 1 aliphatic heterocycles. The highest BCUT2D eigenvalue weighted by Gasteiger charge is 2.34. The number of hydrogen-bond acceptors (Lipinski definition) is 5. The number of ether oxygens (including phenoxy) is 2. The topological polar surface area (TPSA) is 108 Å². The summed E-state index contributed by atoms with van der Waals surface area (Å²) in [6.45, 7) is 3.83. The van der Waals surface area contributed by atoms with E-state index < -0.39 is 11.8 Å². The van der Waals surface area contributed by atoms with Gasteiger partial charge in [0.1, 0.15) is 18.6 Å². The first kappa shape index (κ1) is 30.2. The van der Waals surface area contributed by atoms with Crippen molar-refractivity contribution in [1.82, 2.24) is 20.6 Å². The lowest BCUT2D eigenvalue weighted by molar-refractivity contribution is -0.122. The van der Waals surface area contributed by atoms with Gasteiger partial charge in [-0.05, 0) is 66.4 Å². The van der Waals surface area contributed by atoms with Crippen LogP contribution in [0.1, 0.15) is 41.2 Å². The third-order valence-electron chi connectivity index (χ3n) is 8.54. The molecule has 6 aromatic rings. The Morgan fingerprint density at radius 2 is 1.28 bits per heavy atom. The molecule has 2 aromatic heterocycles. The van der Waals surface area contributed by atoms with Crippen LogP contribution in [0, 0.1) is 0 Å². The van der Waals surface area contributed by atoms with Crippen LogP contribution < -0.4 is 15.4 Å². The molecule has 0 spiro atoms. The highest BCUT2D eigenvalue weighted by atomic mass is 16.5. The Morgan fingerprint density at radius 1 is 0.681 bits per heavy atom. The van der Waals surface area contributed by atoms with Crippen LogP contribution in [0.3, 0.4) is 0 Å². The summed E-state index contributed by atoms with van der Waals surface area (Å²) in [6, 6.07) is 32.1. The minimum Gasteiger partial charge on any atom is -0.489 e. The van der Waals surface area contributed by atoms with Crippen molar-refractivity contribution in [3.8, 4) is 5.75 Å².